The Morgan fingerprint density at radius 2 is 1.97 bits per heavy atom. The monoisotopic (exact) mass is 484 g/mol. The molecule has 1 fully saturated rings. The van der Waals surface area contributed by atoms with Crippen molar-refractivity contribution in [3.05, 3.63) is 57.6 Å². The first kappa shape index (κ1) is 23.7. The van der Waals surface area contributed by atoms with Gasteiger partial charge in [0.15, 0.2) is 5.82 Å². The smallest absolute Gasteiger partial charge is 0.267 e. The molecule has 2 N–H and O–H groups in total. The molecular weight excluding hydrogens is 459 g/mol. The number of nitrogens with zero attached hydrogens (tertiary/aromatic N) is 4. The number of hydrogen-bond acceptors (Lipinski definition) is 8. The summed E-state index contributed by atoms with van der Waals surface area (Å²) in [5, 5.41) is 6.05. The normalized spacial score (nSPS) is 15.4. The van der Waals surface area contributed by atoms with Gasteiger partial charge in [-0.3, -0.25) is 9.59 Å². The minimum absolute atomic E-state index is 0.196. The zero-order valence-corrected chi connectivity index (χ0v) is 19.9. The van der Waals surface area contributed by atoms with Gasteiger partial charge < -0.3 is 20.3 Å². The van der Waals surface area contributed by atoms with Crippen LogP contribution >= 0.6 is 11.3 Å². The van der Waals surface area contributed by atoms with Crippen molar-refractivity contribution in [2.24, 2.45) is 0 Å². The van der Waals surface area contributed by atoms with Gasteiger partial charge in [0.2, 0.25) is 0 Å². The first-order valence-electron chi connectivity index (χ1n) is 10.8. The summed E-state index contributed by atoms with van der Waals surface area (Å²) in [6.45, 7) is 4.91. The summed E-state index contributed by atoms with van der Waals surface area (Å²) < 4.78 is 19.9. The number of nitrogens with one attached hydrogen (secondary N) is 2. The fourth-order valence-electron chi connectivity index (χ4n) is 3.85. The predicted octanol–water partition coefficient (Wildman–Crippen LogP) is 3.81. The standard InChI is InChI=1S/C23H25FN6O3S/c1-13-7-17(24)16(8-18(13)28-23(32)19-9-25-14(2)34-19)22(31)29-20-10-27-21(11-26-20)30-6-4-5-15(30)12-33-3/h7-11,15H,4-6,12H2,1-3H3,(H,28,32)(H,26,29,31)/t15-/m1/s1. The average molecular weight is 485 g/mol. The van der Waals surface area contributed by atoms with Gasteiger partial charge in [0.1, 0.15) is 16.5 Å². The summed E-state index contributed by atoms with van der Waals surface area (Å²) >= 11 is 1.25. The molecule has 0 saturated carbocycles. The van der Waals surface area contributed by atoms with Crippen LogP contribution in [0.5, 0.6) is 0 Å². The highest BCUT2D eigenvalue weighted by atomic mass is 32.1. The second kappa shape index (κ2) is 10.2. The van der Waals surface area contributed by atoms with E-state index in [2.05, 4.69) is 30.5 Å². The third-order valence-corrected chi connectivity index (χ3v) is 6.47. The summed E-state index contributed by atoms with van der Waals surface area (Å²) in [5.74, 6) is -0.876. The number of aryl methyl sites for hydroxylation is 2. The zero-order chi connectivity index (χ0) is 24.2. The number of hydrogen-bond donors (Lipinski definition) is 2. The van der Waals surface area contributed by atoms with Crippen LogP contribution in [0.2, 0.25) is 0 Å². The zero-order valence-electron chi connectivity index (χ0n) is 19.1. The van der Waals surface area contributed by atoms with E-state index in [4.69, 9.17) is 4.74 Å². The van der Waals surface area contributed by atoms with Crippen LogP contribution in [0.25, 0.3) is 0 Å². The molecule has 2 amide bonds. The van der Waals surface area contributed by atoms with Gasteiger partial charge in [0.25, 0.3) is 11.8 Å². The number of aromatic nitrogens is 3. The van der Waals surface area contributed by atoms with Crippen molar-refractivity contribution in [1.29, 1.82) is 0 Å². The molecule has 3 heterocycles. The van der Waals surface area contributed by atoms with Crippen molar-refractivity contribution in [1.82, 2.24) is 15.0 Å². The number of methoxy groups -OCH3 is 1. The first-order chi connectivity index (χ1) is 16.4. The number of benzene rings is 1. The Morgan fingerprint density at radius 1 is 1.15 bits per heavy atom. The van der Waals surface area contributed by atoms with Crippen LogP contribution in [0.1, 0.15) is 43.4 Å². The van der Waals surface area contributed by atoms with Crippen molar-refractivity contribution in [2.45, 2.75) is 32.7 Å². The van der Waals surface area contributed by atoms with Crippen LogP contribution in [0.15, 0.2) is 30.7 Å². The molecule has 0 spiro atoms. The number of halogens is 1. The maximum absolute atomic E-state index is 14.6. The van der Waals surface area contributed by atoms with Crippen molar-refractivity contribution >= 4 is 40.5 Å². The van der Waals surface area contributed by atoms with Gasteiger partial charge in [-0.05, 0) is 44.4 Å². The van der Waals surface area contributed by atoms with Crippen molar-refractivity contribution < 1.29 is 18.7 Å². The second-order valence-electron chi connectivity index (χ2n) is 8.00. The van der Waals surface area contributed by atoms with Gasteiger partial charge in [-0.25, -0.2) is 19.3 Å². The number of carbonyl (C=O) groups is 2. The van der Waals surface area contributed by atoms with E-state index < -0.39 is 11.7 Å². The van der Waals surface area contributed by atoms with E-state index in [1.165, 1.54) is 35.9 Å². The molecule has 1 aliphatic heterocycles. The van der Waals surface area contributed by atoms with E-state index in [-0.39, 0.29) is 23.3 Å². The lowest BCUT2D eigenvalue weighted by atomic mass is 10.1. The molecule has 178 valence electrons. The van der Waals surface area contributed by atoms with E-state index in [0.717, 1.165) is 24.4 Å². The van der Waals surface area contributed by atoms with Gasteiger partial charge in [-0.15, -0.1) is 11.3 Å². The van der Waals surface area contributed by atoms with Crippen LogP contribution in [-0.2, 0) is 4.74 Å². The molecule has 0 unspecified atom stereocenters. The molecule has 1 saturated heterocycles. The molecule has 2 aromatic heterocycles. The maximum Gasteiger partial charge on any atom is 0.267 e. The summed E-state index contributed by atoms with van der Waals surface area (Å²) in [5.41, 5.74) is 0.609. The number of thiazole rings is 1. The lowest BCUT2D eigenvalue weighted by molar-refractivity contribution is 0.101. The molecule has 11 heteroatoms. The summed E-state index contributed by atoms with van der Waals surface area (Å²) in [6.07, 6.45) is 6.56. The minimum atomic E-state index is -0.703. The maximum atomic E-state index is 14.6. The van der Waals surface area contributed by atoms with Gasteiger partial charge in [0.05, 0.1) is 41.8 Å². The van der Waals surface area contributed by atoms with Crippen molar-refractivity contribution in [3.8, 4) is 0 Å². The fraction of sp³-hybridized carbons (Fsp3) is 0.348. The van der Waals surface area contributed by atoms with Gasteiger partial charge in [0, 0.05) is 19.3 Å². The number of carbonyl (C=O) groups excluding carboxylic acids is 2. The van der Waals surface area contributed by atoms with E-state index in [0.29, 0.717) is 28.6 Å². The van der Waals surface area contributed by atoms with E-state index in [9.17, 15) is 14.0 Å². The molecule has 1 atom stereocenters. The highest BCUT2D eigenvalue weighted by molar-refractivity contribution is 7.13. The topological polar surface area (TPSA) is 109 Å². The molecule has 0 bridgehead atoms. The highest BCUT2D eigenvalue weighted by Gasteiger charge is 2.26. The molecule has 1 aliphatic rings. The highest BCUT2D eigenvalue weighted by Crippen LogP contribution is 2.25. The van der Waals surface area contributed by atoms with Crippen LogP contribution in [0, 0.1) is 19.7 Å². The summed E-state index contributed by atoms with van der Waals surface area (Å²) in [7, 11) is 1.67. The van der Waals surface area contributed by atoms with Gasteiger partial charge >= 0.3 is 0 Å². The van der Waals surface area contributed by atoms with Crippen LogP contribution in [-0.4, -0.2) is 53.1 Å². The van der Waals surface area contributed by atoms with Gasteiger partial charge in [-0.2, -0.15) is 0 Å². The van der Waals surface area contributed by atoms with E-state index in [1.54, 1.807) is 27.2 Å². The summed E-state index contributed by atoms with van der Waals surface area (Å²) in [6, 6.07) is 2.76. The molecule has 34 heavy (non-hydrogen) atoms. The number of ether oxygens (including phenoxy) is 1. The molecule has 1 aromatic carbocycles. The predicted molar refractivity (Wildman–Crippen MR) is 128 cm³/mol. The Hall–Kier alpha value is -3.44. The van der Waals surface area contributed by atoms with E-state index >= 15 is 0 Å². The number of rotatable bonds is 7. The van der Waals surface area contributed by atoms with Crippen molar-refractivity contribution in [3.63, 3.8) is 0 Å². The minimum Gasteiger partial charge on any atom is -0.383 e. The SMILES string of the molecule is COC[C@H]1CCCN1c1cnc(NC(=O)c2cc(NC(=O)c3cnc(C)s3)c(C)cc2F)cn1. The molecule has 3 aromatic rings. The second-order valence-corrected chi connectivity index (χ2v) is 9.24. The summed E-state index contributed by atoms with van der Waals surface area (Å²) in [4.78, 5) is 40.5. The average Bonchev–Trinajstić information content (AvgIpc) is 3.45. The third kappa shape index (κ3) is 5.20. The van der Waals surface area contributed by atoms with Crippen LogP contribution in [0.4, 0.5) is 21.7 Å². The van der Waals surface area contributed by atoms with E-state index in [1.807, 2.05) is 0 Å². The Labute approximate surface area is 200 Å². The largest absolute Gasteiger partial charge is 0.383 e. The Kier molecular flexibility index (Phi) is 7.13. The first-order valence-corrected chi connectivity index (χ1v) is 11.6. The number of amides is 2. The molecule has 9 nitrogen and oxygen atoms in total. The lowest BCUT2D eigenvalue weighted by Crippen LogP contribution is -2.33. The Morgan fingerprint density at radius 3 is 2.65 bits per heavy atom. The van der Waals surface area contributed by atoms with Crippen molar-refractivity contribution in [2.75, 3.05) is 35.8 Å². The quantitative estimate of drug-likeness (QED) is 0.525. The Balaban J connectivity index is 1.47. The van der Waals surface area contributed by atoms with Gasteiger partial charge in [-0.1, -0.05) is 0 Å². The fourth-order valence-corrected chi connectivity index (χ4v) is 4.53. The van der Waals surface area contributed by atoms with Crippen LogP contribution in [0.3, 0.4) is 0 Å². The lowest BCUT2D eigenvalue weighted by Gasteiger charge is -2.24. The number of anilines is 3. The molecule has 0 radical (unpaired) electrons. The Bertz CT molecular complexity index is 1200. The third-order valence-electron chi connectivity index (χ3n) is 5.56. The van der Waals surface area contributed by atoms with Crippen LogP contribution < -0.4 is 15.5 Å². The molecule has 4 rings (SSSR count). The molecular formula is C23H25FN6O3S. The molecule has 0 aliphatic carbocycles.